The summed E-state index contributed by atoms with van der Waals surface area (Å²) < 4.78 is 15.4. The van der Waals surface area contributed by atoms with Crippen LogP contribution in [0.25, 0.3) is 15.8 Å². The lowest BCUT2D eigenvalue weighted by molar-refractivity contribution is -0.119. The van der Waals surface area contributed by atoms with Crippen LogP contribution in [-0.4, -0.2) is 49.4 Å². The first-order chi connectivity index (χ1) is 15.4. The number of fused-ring (bicyclic) bond motifs is 2. The van der Waals surface area contributed by atoms with Gasteiger partial charge in [-0.1, -0.05) is 11.6 Å². The highest BCUT2D eigenvalue weighted by Gasteiger charge is 2.50. The van der Waals surface area contributed by atoms with Crippen molar-refractivity contribution in [3.8, 4) is 6.07 Å². The van der Waals surface area contributed by atoms with Gasteiger partial charge < -0.3 is 4.90 Å². The summed E-state index contributed by atoms with van der Waals surface area (Å²) in [6.07, 6.45) is 6.32. The Bertz CT molecular complexity index is 1370. The van der Waals surface area contributed by atoms with E-state index in [0.29, 0.717) is 26.4 Å². The maximum Gasteiger partial charge on any atom is 0.332 e. The number of anilines is 1. The van der Waals surface area contributed by atoms with Crippen molar-refractivity contribution in [1.29, 1.82) is 5.26 Å². The standard InChI is InChI=1S/C21H14ClFN6O2S/c1-27-18-11(9-26-27)8-25-10-16(18)29-20(30)19-15(28(5-4-24)21(29)31)7-17(32-19)13-6-12(23)2-3-14(13)22/h2-3,6-10,15,19H,5H2,1H3. The van der Waals surface area contributed by atoms with Crippen LogP contribution in [0, 0.1) is 17.1 Å². The fourth-order valence-corrected chi connectivity index (χ4v) is 5.64. The zero-order valence-electron chi connectivity index (χ0n) is 16.6. The molecule has 2 aliphatic heterocycles. The van der Waals surface area contributed by atoms with Crippen LogP contribution in [0.3, 0.4) is 0 Å². The normalized spacial score (nSPS) is 20.5. The Morgan fingerprint density at radius 3 is 2.88 bits per heavy atom. The van der Waals surface area contributed by atoms with Crippen LogP contribution in [-0.2, 0) is 11.8 Å². The number of imide groups is 1. The lowest BCUT2D eigenvalue weighted by atomic mass is 10.0. The minimum Gasteiger partial charge on any atom is -0.302 e. The molecule has 32 heavy (non-hydrogen) atoms. The fraction of sp³-hybridized carbons (Fsp3) is 0.190. The summed E-state index contributed by atoms with van der Waals surface area (Å²) in [7, 11) is 1.70. The molecule has 0 bridgehead atoms. The third-order valence-corrected chi connectivity index (χ3v) is 7.12. The minimum atomic E-state index is -0.723. The van der Waals surface area contributed by atoms with Crippen LogP contribution in [0.1, 0.15) is 5.56 Å². The third kappa shape index (κ3) is 3.04. The van der Waals surface area contributed by atoms with E-state index in [2.05, 4.69) is 10.1 Å². The number of amides is 3. The van der Waals surface area contributed by atoms with Gasteiger partial charge in [-0.05, 0) is 24.3 Å². The van der Waals surface area contributed by atoms with Crippen LogP contribution in [0.4, 0.5) is 14.9 Å². The number of rotatable bonds is 3. The molecule has 160 valence electrons. The quantitative estimate of drug-likeness (QED) is 0.545. The molecule has 2 atom stereocenters. The number of nitrogens with zero attached hydrogens (tertiary/aromatic N) is 6. The second-order valence-corrected chi connectivity index (χ2v) is 8.88. The molecule has 0 N–H and O–H groups in total. The summed E-state index contributed by atoms with van der Waals surface area (Å²) in [4.78, 5) is 34.1. The third-order valence-electron chi connectivity index (χ3n) is 5.44. The van der Waals surface area contributed by atoms with E-state index in [0.717, 1.165) is 4.90 Å². The zero-order valence-corrected chi connectivity index (χ0v) is 18.1. The van der Waals surface area contributed by atoms with E-state index in [9.17, 15) is 19.2 Å². The Kier molecular flexibility index (Phi) is 4.87. The number of hydrogen-bond acceptors (Lipinski definition) is 6. The molecule has 2 unspecified atom stereocenters. The van der Waals surface area contributed by atoms with Crippen LogP contribution < -0.4 is 4.90 Å². The molecule has 1 fully saturated rings. The van der Waals surface area contributed by atoms with Crippen molar-refractivity contribution >= 4 is 56.8 Å². The van der Waals surface area contributed by atoms with Crippen molar-refractivity contribution in [2.75, 3.05) is 11.4 Å². The average Bonchev–Trinajstić information content (AvgIpc) is 3.38. The van der Waals surface area contributed by atoms with Gasteiger partial charge in [0.1, 0.15) is 17.6 Å². The number of thioether (sulfide) groups is 1. The summed E-state index contributed by atoms with van der Waals surface area (Å²) in [5.41, 5.74) is 1.29. The Hall–Kier alpha value is -3.42. The number of halogens is 2. The van der Waals surface area contributed by atoms with Gasteiger partial charge in [0.15, 0.2) is 0 Å². The van der Waals surface area contributed by atoms with E-state index < -0.39 is 29.0 Å². The van der Waals surface area contributed by atoms with Gasteiger partial charge >= 0.3 is 6.03 Å². The molecule has 3 amide bonds. The first-order valence-electron chi connectivity index (χ1n) is 9.52. The molecule has 0 spiro atoms. The van der Waals surface area contributed by atoms with E-state index in [4.69, 9.17) is 11.6 Å². The molecule has 1 aromatic carbocycles. The van der Waals surface area contributed by atoms with Gasteiger partial charge in [-0.3, -0.25) is 14.5 Å². The summed E-state index contributed by atoms with van der Waals surface area (Å²) in [6, 6.07) is 4.68. The van der Waals surface area contributed by atoms with Crippen molar-refractivity contribution in [3.05, 3.63) is 59.3 Å². The summed E-state index contributed by atoms with van der Waals surface area (Å²) in [5.74, 6) is -0.916. The predicted octanol–water partition coefficient (Wildman–Crippen LogP) is 3.58. The monoisotopic (exact) mass is 468 g/mol. The number of aryl methyl sites for hydroxylation is 1. The smallest absolute Gasteiger partial charge is 0.302 e. The van der Waals surface area contributed by atoms with Crippen molar-refractivity contribution in [3.63, 3.8) is 0 Å². The summed E-state index contributed by atoms with van der Waals surface area (Å²) >= 11 is 7.46. The van der Waals surface area contributed by atoms with E-state index in [-0.39, 0.29) is 12.2 Å². The van der Waals surface area contributed by atoms with Gasteiger partial charge in [0.05, 0.1) is 35.7 Å². The topological polar surface area (TPSA) is 95.1 Å². The first kappa shape index (κ1) is 20.5. The second kappa shape index (κ2) is 7.62. The lowest BCUT2D eigenvalue weighted by Gasteiger charge is -2.40. The number of hydrogen-bond donors (Lipinski definition) is 0. The van der Waals surface area contributed by atoms with E-state index in [1.165, 1.54) is 41.1 Å². The number of aromatic nitrogens is 3. The molecule has 0 saturated carbocycles. The first-order valence-corrected chi connectivity index (χ1v) is 10.8. The average molecular weight is 469 g/mol. The molecule has 5 rings (SSSR count). The molecule has 8 nitrogen and oxygen atoms in total. The largest absolute Gasteiger partial charge is 0.332 e. The molecule has 2 aromatic heterocycles. The molecule has 11 heteroatoms. The number of carbonyl (C=O) groups excluding carboxylic acids is 2. The van der Waals surface area contributed by atoms with Gasteiger partial charge in [0.25, 0.3) is 5.91 Å². The van der Waals surface area contributed by atoms with Gasteiger partial charge in [-0.15, -0.1) is 11.8 Å². The van der Waals surface area contributed by atoms with E-state index in [1.807, 2.05) is 6.07 Å². The Morgan fingerprint density at radius 1 is 1.28 bits per heavy atom. The number of nitriles is 1. The highest BCUT2D eigenvalue weighted by Crippen LogP contribution is 2.47. The Labute approximate surface area is 190 Å². The predicted molar refractivity (Wildman–Crippen MR) is 118 cm³/mol. The van der Waals surface area contributed by atoms with Crippen molar-refractivity contribution in [2.45, 2.75) is 11.3 Å². The SMILES string of the molecule is Cn1ncc2cncc(N3C(=O)C4SC(c5cc(F)ccc5Cl)=CC4N(CC#N)C3=O)c21. The molecule has 0 radical (unpaired) electrons. The second-order valence-electron chi connectivity index (χ2n) is 7.29. The van der Waals surface area contributed by atoms with Crippen molar-refractivity contribution in [1.82, 2.24) is 19.7 Å². The van der Waals surface area contributed by atoms with Crippen LogP contribution in [0.15, 0.2) is 42.9 Å². The lowest BCUT2D eigenvalue weighted by Crippen LogP contribution is -2.62. The van der Waals surface area contributed by atoms with Crippen LogP contribution in [0.2, 0.25) is 5.02 Å². The van der Waals surface area contributed by atoms with Gasteiger partial charge in [0, 0.05) is 34.1 Å². The number of urea groups is 1. The number of carbonyl (C=O) groups is 2. The number of pyridine rings is 1. The molecule has 3 aromatic rings. The summed E-state index contributed by atoms with van der Waals surface area (Å²) in [6.45, 7) is -0.222. The van der Waals surface area contributed by atoms with Crippen LogP contribution >= 0.6 is 23.4 Å². The van der Waals surface area contributed by atoms with E-state index in [1.54, 1.807) is 30.2 Å². The molecule has 0 aliphatic carbocycles. The van der Waals surface area contributed by atoms with Crippen molar-refractivity contribution < 1.29 is 14.0 Å². The summed E-state index contributed by atoms with van der Waals surface area (Å²) in [5, 5.41) is 13.8. The highest BCUT2D eigenvalue weighted by atomic mass is 35.5. The molecular formula is C21H14ClFN6O2S. The molecule has 2 aliphatic rings. The maximum atomic E-state index is 13.9. The minimum absolute atomic E-state index is 0.222. The Morgan fingerprint density at radius 2 is 2.09 bits per heavy atom. The van der Waals surface area contributed by atoms with Gasteiger partial charge in [0.2, 0.25) is 0 Å². The molecule has 4 heterocycles. The highest BCUT2D eigenvalue weighted by molar-refractivity contribution is 8.09. The number of benzene rings is 1. The van der Waals surface area contributed by atoms with Gasteiger partial charge in [-0.25, -0.2) is 14.1 Å². The molecule has 1 saturated heterocycles. The Balaban J connectivity index is 1.61. The van der Waals surface area contributed by atoms with E-state index >= 15 is 0 Å². The van der Waals surface area contributed by atoms with Crippen molar-refractivity contribution in [2.24, 2.45) is 7.05 Å². The molecular weight excluding hydrogens is 455 g/mol. The van der Waals surface area contributed by atoms with Gasteiger partial charge in [-0.2, -0.15) is 10.4 Å². The fourth-order valence-electron chi connectivity index (χ4n) is 4.00. The maximum absolute atomic E-state index is 13.9. The van der Waals surface area contributed by atoms with Crippen LogP contribution in [0.5, 0.6) is 0 Å². The zero-order chi connectivity index (χ0) is 22.6.